The van der Waals surface area contributed by atoms with Crippen molar-refractivity contribution in [3.05, 3.63) is 119 Å². The summed E-state index contributed by atoms with van der Waals surface area (Å²) in [6, 6.07) is 33.8. The lowest BCUT2D eigenvalue weighted by molar-refractivity contribution is -0.188. The van der Waals surface area contributed by atoms with Crippen molar-refractivity contribution < 1.29 is 57.7 Å². The Bertz CT molecular complexity index is 2270. The van der Waals surface area contributed by atoms with Gasteiger partial charge >= 0.3 is 29.8 Å². The number of amides is 2. The van der Waals surface area contributed by atoms with Gasteiger partial charge in [-0.05, 0) is 83.3 Å². The van der Waals surface area contributed by atoms with Crippen molar-refractivity contribution in [2.75, 3.05) is 26.7 Å². The number of nitrogens with one attached hydrogen (secondary N) is 2. The number of carboxylic acids is 1. The zero-order chi connectivity index (χ0) is 47.5. The average Bonchev–Trinajstić information content (AvgIpc) is 3.67. The highest BCUT2D eigenvalue weighted by Crippen LogP contribution is 2.55. The fraction of sp³-hybridized carbons (Fsp3) is 0.360. The Balaban J connectivity index is 0.000000185. The van der Waals surface area contributed by atoms with E-state index in [1.807, 2.05) is 24.3 Å². The van der Waals surface area contributed by atoms with Crippen LogP contribution in [0.15, 0.2) is 97.1 Å². The molecule has 66 heavy (non-hydrogen) atoms. The first kappa shape index (κ1) is 48.4. The molecule has 2 heterocycles. The van der Waals surface area contributed by atoms with Crippen LogP contribution in [0.2, 0.25) is 0 Å². The second kappa shape index (κ2) is 22.2. The van der Waals surface area contributed by atoms with Crippen molar-refractivity contribution in [2.45, 2.75) is 45.1 Å². The van der Waals surface area contributed by atoms with E-state index in [2.05, 4.69) is 99.8 Å². The molecule has 0 spiro atoms. The molecular formula is C50H54N4O12. The number of aryl methyl sites for hydroxylation is 1. The Morgan fingerprint density at radius 3 is 1.26 bits per heavy atom. The van der Waals surface area contributed by atoms with E-state index in [4.69, 9.17) is 16.2 Å². The van der Waals surface area contributed by atoms with Crippen molar-refractivity contribution in [1.82, 2.24) is 10.6 Å². The van der Waals surface area contributed by atoms with Crippen LogP contribution >= 0.6 is 0 Å². The molecule has 2 saturated carbocycles. The molecule has 4 fully saturated rings. The van der Waals surface area contributed by atoms with Gasteiger partial charge in [0.05, 0.1) is 35.5 Å². The van der Waals surface area contributed by atoms with Crippen LogP contribution in [-0.2, 0) is 78.3 Å². The molecule has 8 rings (SSSR count). The van der Waals surface area contributed by atoms with Crippen LogP contribution in [0.1, 0.15) is 35.6 Å². The minimum atomic E-state index is -1.29. The molecule has 2 aliphatic carbocycles. The standard InChI is InChI=1S/C26H30N2O6.C16H20N2.C8H4O6/c1-3-4-16-5-9-18(10-6-16)19-11-7-17(8-12-19)13-14-28-25(31)20-21(24(30)27-2)23(34-15-29)22(20)26(32)33;17-11-9-13-1-5-15(6-2-13)16-7-3-14(4-8-16)10-12-18;9-5-1-2(6(10)13-5)4-3(1)7(11)14-8(4)12/h5-12,15,20-23H,3-4,13-14H2,1-2H3,(H,27,30)(H,28,31)(H,32,33);1-8H,9-12,17-18H2;1-4H. The summed E-state index contributed by atoms with van der Waals surface area (Å²) >= 11 is 0. The van der Waals surface area contributed by atoms with E-state index in [1.54, 1.807) is 0 Å². The van der Waals surface area contributed by atoms with E-state index in [1.165, 1.54) is 34.9 Å². The Morgan fingerprint density at radius 1 is 0.576 bits per heavy atom. The number of nitrogens with two attached hydrogens (primary N) is 2. The highest BCUT2D eigenvalue weighted by molar-refractivity contribution is 6.10. The quantitative estimate of drug-likeness (QED) is 0.0469. The number of cyclic esters (lactones) is 4. The lowest BCUT2D eigenvalue weighted by atomic mass is 9.59. The van der Waals surface area contributed by atoms with Crippen molar-refractivity contribution in [1.29, 1.82) is 0 Å². The molecule has 16 heteroatoms. The van der Waals surface area contributed by atoms with Crippen LogP contribution in [0, 0.1) is 41.4 Å². The zero-order valence-electron chi connectivity index (χ0n) is 36.7. The van der Waals surface area contributed by atoms with Crippen LogP contribution in [0.5, 0.6) is 0 Å². The summed E-state index contributed by atoms with van der Waals surface area (Å²) in [5, 5.41) is 14.6. The number of hydrogen-bond acceptors (Lipinski definition) is 13. The predicted molar refractivity (Wildman–Crippen MR) is 239 cm³/mol. The van der Waals surface area contributed by atoms with E-state index < -0.39 is 89.2 Å². The highest BCUT2D eigenvalue weighted by atomic mass is 16.6. The average molecular weight is 903 g/mol. The third-order valence-electron chi connectivity index (χ3n) is 12.5. The first-order valence-corrected chi connectivity index (χ1v) is 21.9. The van der Waals surface area contributed by atoms with Crippen LogP contribution in [0.4, 0.5) is 0 Å². The van der Waals surface area contributed by atoms with Crippen molar-refractivity contribution in [2.24, 2.45) is 52.9 Å². The first-order valence-electron chi connectivity index (χ1n) is 21.9. The highest BCUT2D eigenvalue weighted by Gasteiger charge is 2.72. The second-order valence-corrected chi connectivity index (χ2v) is 16.5. The van der Waals surface area contributed by atoms with E-state index in [0.29, 0.717) is 19.5 Å². The number of carbonyl (C=O) groups is 8. The maximum absolute atomic E-state index is 12.7. The van der Waals surface area contributed by atoms with Crippen molar-refractivity contribution in [3.8, 4) is 22.3 Å². The lowest BCUT2D eigenvalue weighted by Crippen LogP contribution is -2.65. The van der Waals surface area contributed by atoms with Crippen LogP contribution in [-0.4, -0.2) is 86.0 Å². The summed E-state index contributed by atoms with van der Waals surface area (Å²) in [7, 11) is 1.38. The smallest absolute Gasteiger partial charge is 0.318 e. The van der Waals surface area contributed by atoms with E-state index in [9.17, 15) is 43.5 Å². The Hall–Kier alpha value is -7.04. The van der Waals surface area contributed by atoms with Gasteiger partial charge in [0.25, 0.3) is 6.47 Å². The zero-order valence-corrected chi connectivity index (χ0v) is 36.7. The van der Waals surface area contributed by atoms with Gasteiger partial charge in [0.1, 0.15) is 12.0 Å². The summed E-state index contributed by atoms with van der Waals surface area (Å²) in [6.45, 7) is 3.95. The van der Waals surface area contributed by atoms with Gasteiger partial charge in [0.15, 0.2) is 0 Å². The van der Waals surface area contributed by atoms with E-state index in [0.717, 1.165) is 42.4 Å². The topological polar surface area (TPSA) is 261 Å². The van der Waals surface area contributed by atoms with Gasteiger partial charge in [-0.2, -0.15) is 0 Å². The molecule has 2 amide bonds. The molecule has 346 valence electrons. The van der Waals surface area contributed by atoms with Gasteiger partial charge in [-0.1, -0.05) is 110 Å². The summed E-state index contributed by atoms with van der Waals surface area (Å²) in [4.78, 5) is 91.6. The number of carboxylic acid groups (broad SMARTS) is 1. The lowest BCUT2D eigenvalue weighted by Gasteiger charge is -2.45. The third-order valence-corrected chi connectivity index (χ3v) is 12.5. The summed E-state index contributed by atoms with van der Waals surface area (Å²) in [5.41, 5.74) is 20.7. The summed E-state index contributed by atoms with van der Waals surface area (Å²) < 4.78 is 13.5. The van der Waals surface area contributed by atoms with Gasteiger partial charge in [0.2, 0.25) is 11.8 Å². The molecule has 0 aromatic heterocycles. The number of carbonyl (C=O) groups excluding carboxylic acids is 7. The predicted octanol–water partition coefficient (Wildman–Crippen LogP) is 3.19. The molecule has 4 atom stereocenters. The molecule has 16 nitrogen and oxygen atoms in total. The first-order chi connectivity index (χ1) is 31.8. The number of hydrogen-bond donors (Lipinski definition) is 5. The van der Waals surface area contributed by atoms with Gasteiger partial charge < -0.3 is 41.4 Å². The van der Waals surface area contributed by atoms with Gasteiger partial charge in [-0.3, -0.25) is 38.4 Å². The summed E-state index contributed by atoms with van der Waals surface area (Å²) in [5.74, 6) is -11.8. The Kier molecular flexibility index (Phi) is 16.3. The Morgan fingerprint density at radius 2 is 0.939 bits per heavy atom. The number of ether oxygens (including phenoxy) is 3. The maximum Gasteiger partial charge on any atom is 0.318 e. The molecule has 4 aromatic carbocycles. The molecule has 4 aliphatic rings. The molecule has 4 unspecified atom stereocenters. The van der Waals surface area contributed by atoms with Gasteiger partial charge in [-0.15, -0.1) is 0 Å². The normalized spacial score (nSPS) is 23.1. The SMILES string of the molecule is CCCc1ccc(-c2ccc(CCNC(=O)C3C(C(=O)O)C(OC=O)C3C(=O)NC)cc2)cc1.NCCc1ccc(-c2ccc(CCN)cc2)cc1.O=C1OC(=O)C2C1C1C(=O)OC(=O)C21. The third kappa shape index (κ3) is 10.7. The fourth-order valence-electron chi connectivity index (χ4n) is 8.96. The Labute approximate surface area is 381 Å². The number of benzene rings is 4. The molecule has 2 aliphatic heterocycles. The second-order valence-electron chi connectivity index (χ2n) is 16.5. The maximum atomic E-state index is 12.7. The molecular weight excluding hydrogens is 849 g/mol. The number of rotatable bonds is 16. The molecule has 0 radical (unpaired) electrons. The molecule has 2 saturated heterocycles. The number of fused-ring (bicyclic) bond motifs is 4. The van der Waals surface area contributed by atoms with E-state index in [-0.39, 0.29) is 13.0 Å². The minimum absolute atomic E-state index is 0.105. The van der Waals surface area contributed by atoms with Gasteiger partial charge in [0, 0.05) is 13.6 Å². The van der Waals surface area contributed by atoms with Gasteiger partial charge in [-0.25, -0.2) is 0 Å². The van der Waals surface area contributed by atoms with Crippen LogP contribution in [0.25, 0.3) is 22.3 Å². The molecule has 4 aromatic rings. The van der Waals surface area contributed by atoms with Crippen molar-refractivity contribution in [3.63, 3.8) is 0 Å². The van der Waals surface area contributed by atoms with Crippen LogP contribution in [0.3, 0.4) is 0 Å². The van der Waals surface area contributed by atoms with Crippen LogP contribution < -0.4 is 22.1 Å². The number of aliphatic carboxylic acids is 1. The summed E-state index contributed by atoms with van der Waals surface area (Å²) in [6.07, 6.45) is 3.43. The van der Waals surface area contributed by atoms with Crippen molar-refractivity contribution >= 4 is 48.1 Å². The number of esters is 4. The molecule has 7 N–H and O–H groups in total. The van der Waals surface area contributed by atoms with E-state index >= 15 is 0 Å². The monoisotopic (exact) mass is 902 g/mol. The largest absolute Gasteiger partial charge is 0.481 e. The molecule has 0 bridgehead atoms. The fourth-order valence-corrected chi connectivity index (χ4v) is 8.96. The minimum Gasteiger partial charge on any atom is -0.481 e.